The Morgan fingerprint density at radius 3 is 2.71 bits per heavy atom. The van der Waals surface area contributed by atoms with Crippen molar-refractivity contribution in [2.45, 2.75) is 25.3 Å². The molecule has 2 amide bonds. The Bertz CT molecular complexity index is 969. The third-order valence-corrected chi connectivity index (χ3v) is 4.88. The van der Waals surface area contributed by atoms with E-state index in [-0.39, 0.29) is 18.4 Å². The summed E-state index contributed by atoms with van der Waals surface area (Å²) in [6.07, 6.45) is 0.358. The van der Waals surface area contributed by atoms with Crippen molar-refractivity contribution in [3.05, 3.63) is 60.2 Å². The second kappa shape index (κ2) is 7.64. The molecule has 7 nitrogen and oxygen atoms in total. The van der Waals surface area contributed by atoms with E-state index in [1.54, 1.807) is 18.2 Å². The number of nitrogens with zero attached hydrogens (tertiary/aromatic N) is 2. The van der Waals surface area contributed by atoms with E-state index in [0.717, 1.165) is 11.3 Å². The van der Waals surface area contributed by atoms with Gasteiger partial charge < -0.3 is 15.4 Å². The standard InChI is InChI=1S/C21H20N4O3/c1-13(14-7-3-2-4-8-14)16-11-17(25-24-16)20(26)23-18-12-28-19-10-6-5-9-15(19)22-21(18)27/h2-10,13,18H,11-12H2,1H3,(H,22,27)(H,23,26)/t13-,18+/m1/s1. The first kappa shape index (κ1) is 17.9. The number of hydrogen-bond donors (Lipinski definition) is 2. The van der Waals surface area contributed by atoms with E-state index in [9.17, 15) is 9.59 Å². The first-order chi connectivity index (χ1) is 13.6. The number of rotatable bonds is 4. The maximum Gasteiger partial charge on any atom is 0.268 e. The fourth-order valence-corrected chi connectivity index (χ4v) is 3.18. The maximum atomic E-state index is 12.6. The van der Waals surface area contributed by atoms with Gasteiger partial charge in [-0.15, -0.1) is 5.10 Å². The lowest BCUT2D eigenvalue weighted by molar-refractivity contribution is -0.123. The van der Waals surface area contributed by atoms with Crippen LogP contribution < -0.4 is 15.4 Å². The second-order valence-electron chi connectivity index (χ2n) is 6.77. The van der Waals surface area contributed by atoms with E-state index in [4.69, 9.17) is 4.74 Å². The van der Waals surface area contributed by atoms with Crippen LogP contribution in [-0.4, -0.2) is 35.9 Å². The quantitative estimate of drug-likeness (QED) is 0.859. The van der Waals surface area contributed by atoms with Crippen LogP contribution in [0.3, 0.4) is 0 Å². The Hall–Kier alpha value is -3.48. The van der Waals surface area contributed by atoms with Gasteiger partial charge in [-0.1, -0.05) is 49.4 Å². The van der Waals surface area contributed by atoms with Gasteiger partial charge >= 0.3 is 0 Å². The minimum absolute atomic E-state index is 0.0516. The van der Waals surface area contributed by atoms with Crippen LogP contribution in [0.1, 0.15) is 24.8 Å². The van der Waals surface area contributed by atoms with E-state index in [1.807, 2.05) is 43.3 Å². The number of benzene rings is 2. The van der Waals surface area contributed by atoms with Crippen LogP contribution in [0.2, 0.25) is 0 Å². The molecule has 7 heteroatoms. The molecule has 0 spiro atoms. The second-order valence-corrected chi connectivity index (χ2v) is 6.77. The molecule has 0 radical (unpaired) electrons. The molecular formula is C21H20N4O3. The van der Waals surface area contributed by atoms with Crippen molar-refractivity contribution in [3.8, 4) is 5.75 Å². The highest BCUT2D eigenvalue weighted by molar-refractivity contribution is 6.43. The molecule has 0 aromatic heterocycles. The molecule has 2 heterocycles. The minimum atomic E-state index is -0.807. The molecule has 0 saturated carbocycles. The van der Waals surface area contributed by atoms with Crippen molar-refractivity contribution >= 4 is 28.9 Å². The molecule has 28 heavy (non-hydrogen) atoms. The highest BCUT2D eigenvalue weighted by Gasteiger charge is 2.30. The lowest BCUT2D eigenvalue weighted by Gasteiger charge is -2.15. The Morgan fingerprint density at radius 2 is 1.89 bits per heavy atom. The number of carbonyl (C=O) groups is 2. The summed E-state index contributed by atoms with van der Waals surface area (Å²) in [6, 6.07) is 16.3. The molecule has 4 rings (SSSR count). The normalized spacial score (nSPS) is 19.3. The van der Waals surface area contributed by atoms with Crippen LogP contribution in [0.4, 0.5) is 5.69 Å². The summed E-state index contributed by atoms with van der Waals surface area (Å²) in [5.74, 6) is -0.0909. The van der Waals surface area contributed by atoms with Gasteiger partial charge in [0.2, 0.25) is 0 Å². The van der Waals surface area contributed by atoms with Gasteiger partial charge in [0.1, 0.15) is 24.1 Å². The summed E-state index contributed by atoms with van der Waals surface area (Å²) in [4.78, 5) is 25.0. The average Bonchev–Trinajstić information content (AvgIpc) is 3.16. The van der Waals surface area contributed by atoms with Gasteiger partial charge in [-0.2, -0.15) is 5.10 Å². The smallest absolute Gasteiger partial charge is 0.268 e. The first-order valence-corrected chi connectivity index (χ1v) is 9.13. The van der Waals surface area contributed by atoms with Crippen LogP contribution in [-0.2, 0) is 9.59 Å². The predicted octanol–water partition coefficient (Wildman–Crippen LogP) is 2.51. The Kier molecular flexibility index (Phi) is 4.89. The zero-order chi connectivity index (χ0) is 19.5. The third-order valence-electron chi connectivity index (χ3n) is 4.88. The van der Waals surface area contributed by atoms with Gasteiger partial charge in [0.15, 0.2) is 0 Å². The molecule has 2 aromatic carbocycles. The molecule has 2 atom stereocenters. The summed E-state index contributed by atoms with van der Waals surface area (Å²) in [7, 11) is 0. The summed E-state index contributed by atoms with van der Waals surface area (Å²) in [5, 5.41) is 13.7. The molecule has 2 aliphatic heterocycles. The summed E-state index contributed by atoms with van der Waals surface area (Å²) >= 11 is 0. The number of amides is 2. The van der Waals surface area contributed by atoms with Crippen molar-refractivity contribution in [3.63, 3.8) is 0 Å². The molecule has 0 fully saturated rings. The Labute approximate surface area is 162 Å². The largest absolute Gasteiger partial charge is 0.489 e. The number of nitrogens with one attached hydrogen (secondary N) is 2. The van der Waals surface area contributed by atoms with Crippen molar-refractivity contribution in [2.24, 2.45) is 10.2 Å². The van der Waals surface area contributed by atoms with Gasteiger partial charge in [-0.3, -0.25) is 9.59 Å². The lowest BCUT2D eigenvalue weighted by Crippen LogP contribution is -2.48. The molecule has 0 unspecified atom stereocenters. The number of carbonyl (C=O) groups excluding carboxylic acids is 2. The molecule has 2 N–H and O–H groups in total. The van der Waals surface area contributed by atoms with Crippen molar-refractivity contribution < 1.29 is 14.3 Å². The first-order valence-electron chi connectivity index (χ1n) is 9.13. The summed E-state index contributed by atoms with van der Waals surface area (Å²) < 4.78 is 5.65. The Morgan fingerprint density at radius 1 is 1.14 bits per heavy atom. The van der Waals surface area contributed by atoms with Gasteiger partial charge in [-0.25, -0.2) is 0 Å². The topological polar surface area (TPSA) is 92.2 Å². The van der Waals surface area contributed by atoms with Crippen LogP contribution in [0.5, 0.6) is 5.75 Å². The minimum Gasteiger partial charge on any atom is -0.489 e. The molecule has 0 bridgehead atoms. The van der Waals surface area contributed by atoms with Crippen molar-refractivity contribution in [2.75, 3.05) is 11.9 Å². The number of anilines is 1. The van der Waals surface area contributed by atoms with Crippen LogP contribution in [0.25, 0.3) is 0 Å². The van der Waals surface area contributed by atoms with Crippen LogP contribution in [0, 0.1) is 0 Å². The monoisotopic (exact) mass is 376 g/mol. The molecular weight excluding hydrogens is 356 g/mol. The molecule has 0 saturated heterocycles. The number of hydrogen-bond acceptors (Lipinski definition) is 5. The molecule has 2 aliphatic rings. The zero-order valence-electron chi connectivity index (χ0n) is 15.4. The summed E-state index contributed by atoms with van der Waals surface area (Å²) in [6.45, 7) is 2.09. The van der Waals surface area contributed by atoms with Crippen molar-refractivity contribution in [1.29, 1.82) is 0 Å². The van der Waals surface area contributed by atoms with Gasteiger partial charge in [-0.05, 0) is 17.7 Å². The summed E-state index contributed by atoms with van der Waals surface area (Å²) in [5.41, 5.74) is 2.83. The van der Waals surface area contributed by atoms with E-state index in [1.165, 1.54) is 0 Å². The van der Waals surface area contributed by atoms with Crippen LogP contribution >= 0.6 is 0 Å². The number of fused-ring (bicyclic) bond motifs is 1. The lowest BCUT2D eigenvalue weighted by atomic mass is 9.93. The van der Waals surface area contributed by atoms with E-state index in [2.05, 4.69) is 20.8 Å². The van der Waals surface area contributed by atoms with Gasteiger partial charge in [0.25, 0.3) is 11.8 Å². The molecule has 142 valence electrons. The zero-order valence-corrected chi connectivity index (χ0v) is 15.4. The van der Waals surface area contributed by atoms with Gasteiger partial charge in [0.05, 0.1) is 11.4 Å². The predicted molar refractivity (Wildman–Crippen MR) is 107 cm³/mol. The van der Waals surface area contributed by atoms with E-state index >= 15 is 0 Å². The third kappa shape index (κ3) is 3.64. The maximum absolute atomic E-state index is 12.6. The van der Waals surface area contributed by atoms with Crippen LogP contribution in [0.15, 0.2) is 64.8 Å². The SMILES string of the molecule is C[C@@H](C1=NN=C(C(=O)N[C@H]2COc3ccccc3NC2=O)C1)c1ccccc1. The number of ether oxygens (including phenoxy) is 1. The molecule has 2 aromatic rings. The highest BCUT2D eigenvalue weighted by Crippen LogP contribution is 2.26. The Balaban J connectivity index is 1.37. The highest BCUT2D eigenvalue weighted by atomic mass is 16.5. The van der Waals surface area contributed by atoms with Crippen molar-refractivity contribution in [1.82, 2.24) is 5.32 Å². The molecule has 0 aliphatic carbocycles. The van der Waals surface area contributed by atoms with E-state index < -0.39 is 11.9 Å². The number of para-hydroxylation sites is 2. The average molecular weight is 376 g/mol. The van der Waals surface area contributed by atoms with E-state index in [0.29, 0.717) is 23.6 Å². The fourth-order valence-electron chi connectivity index (χ4n) is 3.18. The fraction of sp³-hybridized carbons (Fsp3) is 0.238. The van der Waals surface area contributed by atoms with Gasteiger partial charge in [0, 0.05) is 12.3 Å².